The van der Waals surface area contributed by atoms with Gasteiger partial charge in [-0.1, -0.05) is 40.9 Å². The SMILES string of the molecule is O=C(NCc1ccc(Br)cc1)C1CCCCC1C(F)(F)F. The maximum atomic E-state index is 13.0. The Morgan fingerprint density at radius 2 is 1.81 bits per heavy atom. The van der Waals surface area contributed by atoms with Gasteiger partial charge in [0.25, 0.3) is 0 Å². The smallest absolute Gasteiger partial charge is 0.352 e. The molecule has 2 unspecified atom stereocenters. The average molecular weight is 364 g/mol. The van der Waals surface area contributed by atoms with Crippen LogP contribution < -0.4 is 5.32 Å². The van der Waals surface area contributed by atoms with Crippen LogP contribution >= 0.6 is 15.9 Å². The Balaban J connectivity index is 1.96. The second-order valence-electron chi connectivity index (χ2n) is 5.38. The van der Waals surface area contributed by atoms with Crippen molar-refractivity contribution < 1.29 is 18.0 Å². The van der Waals surface area contributed by atoms with Crippen molar-refractivity contribution >= 4 is 21.8 Å². The lowest BCUT2D eigenvalue weighted by Gasteiger charge is -2.32. The third-order valence-corrected chi connectivity index (χ3v) is 4.43. The van der Waals surface area contributed by atoms with Gasteiger partial charge in [-0.2, -0.15) is 13.2 Å². The van der Waals surface area contributed by atoms with Crippen molar-refractivity contribution in [3.05, 3.63) is 34.3 Å². The molecule has 1 aromatic carbocycles. The molecule has 1 N–H and O–H groups in total. The van der Waals surface area contributed by atoms with Crippen LogP contribution in [0.1, 0.15) is 31.2 Å². The molecule has 0 bridgehead atoms. The van der Waals surface area contributed by atoms with Crippen LogP contribution in [0.5, 0.6) is 0 Å². The van der Waals surface area contributed by atoms with E-state index < -0.39 is 23.9 Å². The van der Waals surface area contributed by atoms with E-state index in [1.54, 1.807) is 0 Å². The molecule has 1 aromatic rings. The second kappa shape index (κ2) is 6.81. The predicted octanol–water partition coefficient (Wildman–Crippen LogP) is 4.43. The minimum Gasteiger partial charge on any atom is -0.352 e. The maximum Gasteiger partial charge on any atom is 0.392 e. The van der Waals surface area contributed by atoms with Crippen molar-refractivity contribution in [3.8, 4) is 0 Å². The van der Waals surface area contributed by atoms with Crippen LogP contribution in [0.3, 0.4) is 0 Å². The summed E-state index contributed by atoms with van der Waals surface area (Å²) in [6.45, 7) is 0.257. The summed E-state index contributed by atoms with van der Waals surface area (Å²) in [5, 5.41) is 2.64. The number of rotatable bonds is 3. The Kier molecular flexibility index (Phi) is 5.30. The van der Waals surface area contributed by atoms with E-state index in [0.29, 0.717) is 19.3 Å². The van der Waals surface area contributed by atoms with Gasteiger partial charge in [-0.25, -0.2) is 0 Å². The predicted molar refractivity (Wildman–Crippen MR) is 77.5 cm³/mol. The zero-order valence-electron chi connectivity index (χ0n) is 11.4. The number of hydrogen-bond acceptors (Lipinski definition) is 1. The molecule has 0 heterocycles. The number of benzene rings is 1. The minimum absolute atomic E-state index is 0.0554. The summed E-state index contributed by atoms with van der Waals surface area (Å²) in [4.78, 5) is 12.1. The molecule has 1 aliphatic rings. The molecule has 2 atom stereocenters. The van der Waals surface area contributed by atoms with Crippen molar-refractivity contribution in [1.29, 1.82) is 0 Å². The van der Waals surface area contributed by atoms with Gasteiger partial charge in [0.05, 0.1) is 5.92 Å². The van der Waals surface area contributed by atoms with Gasteiger partial charge in [0, 0.05) is 16.9 Å². The molecule has 1 fully saturated rings. The Morgan fingerprint density at radius 3 is 2.43 bits per heavy atom. The van der Waals surface area contributed by atoms with Crippen molar-refractivity contribution in [2.75, 3.05) is 0 Å². The summed E-state index contributed by atoms with van der Waals surface area (Å²) in [7, 11) is 0. The van der Waals surface area contributed by atoms with Gasteiger partial charge in [-0.15, -0.1) is 0 Å². The zero-order valence-corrected chi connectivity index (χ0v) is 13.0. The monoisotopic (exact) mass is 363 g/mol. The Hall–Kier alpha value is -1.04. The second-order valence-corrected chi connectivity index (χ2v) is 6.30. The fourth-order valence-electron chi connectivity index (χ4n) is 2.76. The third kappa shape index (κ3) is 4.46. The average Bonchev–Trinajstić information content (AvgIpc) is 2.45. The molecule has 2 nitrogen and oxygen atoms in total. The van der Waals surface area contributed by atoms with Crippen molar-refractivity contribution in [2.24, 2.45) is 11.8 Å². The van der Waals surface area contributed by atoms with E-state index in [2.05, 4.69) is 21.2 Å². The Morgan fingerprint density at radius 1 is 1.19 bits per heavy atom. The first-order valence-corrected chi connectivity index (χ1v) is 7.76. The van der Waals surface area contributed by atoms with E-state index in [0.717, 1.165) is 10.0 Å². The van der Waals surface area contributed by atoms with Crippen LogP contribution in [0.25, 0.3) is 0 Å². The van der Waals surface area contributed by atoms with E-state index in [-0.39, 0.29) is 13.0 Å². The van der Waals surface area contributed by atoms with Crippen LogP contribution in [0, 0.1) is 11.8 Å². The minimum atomic E-state index is -4.29. The topological polar surface area (TPSA) is 29.1 Å². The third-order valence-electron chi connectivity index (χ3n) is 3.90. The molecule has 0 aromatic heterocycles. The summed E-state index contributed by atoms with van der Waals surface area (Å²) in [6.07, 6.45) is -2.69. The van der Waals surface area contributed by atoms with Crippen molar-refractivity contribution in [2.45, 2.75) is 38.4 Å². The maximum absolute atomic E-state index is 13.0. The molecule has 6 heteroatoms. The molecule has 0 saturated heterocycles. The van der Waals surface area contributed by atoms with Crippen LogP contribution in [0.15, 0.2) is 28.7 Å². The normalized spacial score (nSPS) is 22.9. The highest BCUT2D eigenvalue weighted by molar-refractivity contribution is 9.10. The standard InChI is InChI=1S/C15H17BrF3NO/c16-11-7-5-10(6-8-11)9-20-14(21)12-3-1-2-4-13(12)15(17,18)19/h5-8,12-13H,1-4,9H2,(H,20,21). The fourth-order valence-corrected chi connectivity index (χ4v) is 3.02. The molecule has 1 aliphatic carbocycles. The summed E-state index contributed by atoms with van der Waals surface area (Å²) in [6, 6.07) is 7.32. The number of nitrogens with one attached hydrogen (secondary N) is 1. The van der Waals surface area contributed by atoms with Crippen LogP contribution in [-0.2, 0) is 11.3 Å². The lowest BCUT2D eigenvalue weighted by atomic mass is 9.78. The van der Waals surface area contributed by atoms with Crippen molar-refractivity contribution in [3.63, 3.8) is 0 Å². The highest BCUT2D eigenvalue weighted by atomic mass is 79.9. The van der Waals surface area contributed by atoms with Gasteiger partial charge in [-0.3, -0.25) is 4.79 Å². The zero-order chi connectivity index (χ0) is 15.5. The number of alkyl halides is 3. The van der Waals surface area contributed by atoms with E-state index in [4.69, 9.17) is 0 Å². The molecule has 0 radical (unpaired) electrons. The van der Waals surface area contributed by atoms with E-state index in [9.17, 15) is 18.0 Å². The number of hydrogen-bond donors (Lipinski definition) is 1. The number of carbonyl (C=O) groups is 1. The Labute approximate surface area is 130 Å². The van der Waals surface area contributed by atoms with Crippen molar-refractivity contribution in [1.82, 2.24) is 5.32 Å². The molecule has 0 spiro atoms. The van der Waals surface area contributed by atoms with Crippen LogP contribution in [-0.4, -0.2) is 12.1 Å². The lowest BCUT2D eigenvalue weighted by molar-refractivity contribution is -0.198. The summed E-state index contributed by atoms with van der Waals surface area (Å²) in [5.74, 6) is -2.94. The van der Waals surface area contributed by atoms with Gasteiger partial charge in [0.15, 0.2) is 0 Å². The molecule has 116 valence electrons. The fraction of sp³-hybridized carbons (Fsp3) is 0.533. The first-order valence-electron chi connectivity index (χ1n) is 6.97. The van der Waals surface area contributed by atoms with E-state index >= 15 is 0 Å². The number of halogens is 4. The Bertz CT molecular complexity index is 487. The molecule has 2 rings (SSSR count). The molecular weight excluding hydrogens is 347 g/mol. The summed E-state index contributed by atoms with van der Waals surface area (Å²) < 4.78 is 39.8. The van der Waals surface area contributed by atoms with Gasteiger partial charge in [-0.05, 0) is 30.5 Å². The van der Waals surface area contributed by atoms with Gasteiger partial charge in [0.2, 0.25) is 5.91 Å². The molecule has 1 saturated carbocycles. The molecule has 21 heavy (non-hydrogen) atoms. The molecule has 1 amide bonds. The summed E-state index contributed by atoms with van der Waals surface area (Å²) >= 11 is 3.31. The number of amides is 1. The van der Waals surface area contributed by atoms with Gasteiger partial charge < -0.3 is 5.32 Å². The first kappa shape index (κ1) is 16.3. The lowest BCUT2D eigenvalue weighted by Crippen LogP contribution is -2.42. The van der Waals surface area contributed by atoms with E-state index in [1.165, 1.54) is 0 Å². The first-order chi connectivity index (χ1) is 9.88. The highest BCUT2D eigenvalue weighted by Crippen LogP contribution is 2.41. The summed E-state index contributed by atoms with van der Waals surface area (Å²) in [5.41, 5.74) is 0.867. The van der Waals surface area contributed by atoms with Crippen LogP contribution in [0.2, 0.25) is 0 Å². The highest BCUT2D eigenvalue weighted by Gasteiger charge is 2.47. The molecule has 0 aliphatic heterocycles. The van der Waals surface area contributed by atoms with Gasteiger partial charge >= 0.3 is 6.18 Å². The van der Waals surface area contributed by atoms with Crippen LogP contribution in [0.4, 0.5) is 13.2 Å². The quantitative estimate of drug-likeness (QED) is 0.845. The van der Waals surface area contributed by atoms with E-state index in [1.807, 2.05) is 24.3 Å². The largest absolute Gasteiger partial charge is 0.392 e. The number of carbonyl (C=O) groups excluding carboxylic acids is 1. The van der Waals surface area contributed by atoms with Gasteiger partial charge in [0.1, 0.15) is 0 Å². The molecular formula is C15H17BrF3NO.